The van der Waals surface area contributed by atoms with Crippen LogP contribution < -0.4 is 4.90 Å². The smallest absolute Gasteiger partial charge is 0.251 e. The van der Waals surface area contributed by atoms with Gasteiger partial charge in [-0.05, 0) is 61.7 Å². The fraction of sp³-hybridized carbons (Fsp3) is 0.333. The molecule has 2 aliphatic rings. The van der Waals surface area contributed by atoms with Crippen molar-refractivity contribution in [2.45, 2.75) is 31.2 Å². The van der Waals surface area contributed by atoms with Gasteiger partial charge in [0.05, 0.1) is 18.2 Å². The molecule has 4 nitrogen and oxygen atoms in total. The van der Waals surface area contributed by atoms with E-state index in [1.54, 1.807) is 24.3 Å². The van der Waals surface area contributed by atoms with Crippen molar-refractivity contribution in [3.8, 4) is 0 Å². The van der Waals surface area contributed by atoms with Crippen molar-refractivity contribution in [1.82, 2.24) is 4.90 Å². The fourth-order valence-corrected chi connectivity index (χ4v) is 4.16. The van der Waals surface area contributed by atoms with Crippen LogP contribution in [0.1, 0.15) is 30.7 Å². The number of imide groups is 1. The third-order valence-corrected chi connectivity index (χ3v) is 5.70. The van der Waals surface area contributed by atoms with Crippen molar-refractivity contribution in [3.05, 3.63) is 65.2 Å². The number of carbonyl (C=O) groups excluding carboxylic acids is 2. The van der Waals surface area contributed by atoms with Gasteiger partial charge in [0.25, 0.3) is 5.91 Å². The number of carbonyl (C=O) groups is 2. The van der Waals surface area contributed by atoms with E-state index in [-0.39, 0.29) is 24.3 Å². The van der Waals surface area contributed by atoms with Gasteiger partial charge in [0.15, 0.2) is 0 Å². The van der Waals surface area contributed by atoms with Gasteiger partial charge in [-0.15, -0.1) is 0 Å². The minimum Gasteiger partial charge on any atom is -0.291 e. The molecule has 0 saturated carbocycles. The lowest BCUT2D eigenvalue weighted by Crippen LogP contribution is -2.45. The van der Waals surface area contributed by atoms with E-state index in [2.05, 4.69) is 29.2 Å². The molecule has 26 heavy (non-hydrogen) atoms. The van der Waals surface area contributed by atoms with Crippen LogP contribution >= 0.6 is 11.6 Å². The number of nitrogens with zero attached hydrogens (tertiary/aromatic N) is 2. The van der Waals surface area contributed by atoms with Crippen LogP contribution in [0.5, 0.6) is 0 Å². The lowest BCUT2D eigenvalue weighted by Gasteiger charge is -2.35. The molecular weight excluding hydrogens is 348 g/mol. The summed E-state index contributed by atoms with van der Waals surface area (Å²) in [6.45, 7) is 1.69. The number of rotatable bonds is 3. The Morgan fingerprint density at radius 1 is 0.885 bits per heavy atom. The van der Waals surface area contributed by atoms with Crippen molar-refractivity contribution in [2.75, 3.05) is 18.0 Å². The summed E-state index contributed by atoms with van der Waals surface area (Å²) in [6, 6.07) is 17.0. The van der Waals surface area contributed by atoms with Gasteiger partial charge in [-0.2, -0.15) is 0 Å². The Morgan fingerprint density at radius 3 is 2.19 bits per heavy atom. The highest BCUT2D eigenvalue weighted by atomic mass is 35.5. The molecule has 0 spiro atoms. The number of anilines is 1. The predicted octanol–water partition coefficient (Wildman–Crippen LogP) is 3.85. The molecule has 2 amide bonds. The van der Waals surface area contributed by atoms with Crippen molar-refractivity contribution < 1.29 is 9.59 Å². The van der Waals surface area contributed by atoms with Gasteiger partial charge in [-0.3, -0.25) is 14.5 Å². The second kappa shape index (κ2) is 7.22. The standard InChI is InChI=1S/C21H21ClN2O2/c22-17-6-8-18(9-7-17)24-20(25)14-19(21(24)26)23-12-10-16(11-13-23)15-4-2-1-3-5-15/h1-9,16,19H,10-14H2. The maximum atomic E-state index is 12.9. The zero-order valence-corrected chi connectivity index (χ0v) is 15.2. The molecule has 0 radical (unpaired) electrons. The molecule has 0 aliphatic carbocycles. The molecule has 2 fully saturated rings. The van der Waals surface area contributed by atoms with Gasteiger partial charge < -0.3 is 0 Å². The summed E-state index contributed by atoms with van der Waals surface area (Å²) in [6.07, 6.45) is 2.29. The van der Waals surface area contributed by atoms with E-state index in [0.29, 0.717) is 16.6 Å². The van der Waals surface area contributed by atoms with Crippen LogP contribution in [0.25, 0.3) is 0 Å². The van der Waals surface area contributed by atoms with E-state index in [4.69, 9.17) is 11.6 Å². The van der Waals surface area contributed by atoms with Crippen LogP contribution in [0.2, 0.25) is 5.02 Å². The average Bonchev–Trinajstić information content (AvgIpc) is 2.98. The van der Waals surface area contributed by atoms with E-state index in [1.165, 1.54) is 10.5 Å². The molecular formula is C21H21ClN2O2. The number of hydrogen-bond acceptors (Lipinski definition) is 3. The summed E-state index contributed by atoms with van der Waals surface area (Å²) in [5.74, 6) is 0.287. The number of benzene rings is 2. The molecule has 0 bridgehead atoms. The minimum atomic E-state index is -0.338. The summed E-state index contributed by atoms with van der Waals surface area (Å²) >= 11 is 5.91. The normalized spacial score (nSPS) is 22.2. The number of hydrogen-bond donors (Lipinski definition) is 0. The quantitative estimate of drug-likeness (QED) is 0.772. The van der Waals surface area contributed by atoms with Crippen LogP contribution in [-0.2, 0) is 9.59 Å². The third kappa shape index (κ3) is 3.27. The minimum absolute atomic E-state index is 0.115. The first-order chi connectivity index (χ1) is 12.6. The van der Waals surface area contributed by atoms with Gasteiger partial charge in [0.1, 0.15) is 0 Å². The lowest BCUT2D eigenvalue weighted by atomic mass is 9.89. The molecule has 2 aliphatic heterocycles. The second-order valence-electron chi connectivity index (χ2n) is 6.98. The Kier molecular flexibility index (Phi) is 4.79. The molecule has 4 rings (SSSR count). The molecule has 0 N–H and O–H groups in total. The third-order valence-electron chi connectivity index (χ3n) is 5.45. The highest BCUT2D eigenvalue weighted by Gasteiger charge is 2.43. The topological polar surface area (TPSA) is 40.6 Å². The van der Waals surface area contributed by atoms with Gasteiger partial charge in [-0.1, -0.05) is 41.9 Å². The predicted molar refractivity (Wildman–Crippen MR) is 102 cm³/mol. The number of piperidine rings is 1. The zero-order valence-electron chi connectivity index (χ0n) is 14.5. The summed E-state index contributed by atoms with van der Waals surface area (Å²) in [5, 5.41) is 0.590. The van der Waals surface area contributed by atoms with Gasteiger partial charge in [-0.25, -0.2) is 4.90 Å². The average molecular weight is 369 g/mol. The molecule has 1 unspecified atom stereocenters. The van der Waals surface area contributed by atoms with Crippen molar-refractivity contribution in [2.24, 2.45) is 0 Å². The van der Waals surface area contributed by atoms with Crippen molar-refractivity contribution in [3.63, 3.8) is 0 Å². The Balaban J connectivity index is 1.44. The number of halogens is 1. The molecule has 2 saturated heterocycles. The summed E-state index contributed by atoms with van der Waals surface area (Å²) < 4.78 is 0. The number of amides is 2. The maximum absolute atomic E-state index is 12.9. The SMILES string of the molecule is O=C1CC(N2CCC(c3ccccc3)CC2)C(=O)N1c1ccc(Cl)cc1. The molecule has 134 valence electrons. The molecule has 2 aromatic carbocycles. The maximum Gasteiger partial charge on any atom is 0.251 e. The highest BCUT2D eigenvalue weighted by Crippen LogP contribution is 2.32. The van der Waals surface area contributed by atoms with Gasteiger partial charge in [0, 0.05) is 5.02 Å². The summed E-state index contributed by atoms with van der Waals surface area (Å²) in [5.41, 5.74) is 1.97. The molecule has 2 heterocycles. The van der Waals surface area contributed by atoms with Gasteiger partial charge >= 0.3 is 0 Å². The Morgan fingerprint density at radius 2 is 1.54 bits per heavy atom. The first-order valence-corrected chi connectivity index (χ1v) is 9.42. The Labute approximate surface area is 158 Å². The van der Waals surface area contributed by atoms with Crippen LogP contribution in [0.4, 0.5) is 5.69 Å². The zero-order chi connectivity index (χ0) is 18.1. The van der Waals surface area contributed by atoms with Crippen LogP contribution in [0, 0.1) is 0 Å². The first kappa shape index (κ1) is 17.3. The Hall–Kier alpha value is -2.17. The van der Waals surface area contributed by atoms with E-state index in [9.17, 15) is 9.59 Å². The molecule has 5 heteroatoms. The highest BCUT2D eigenvalue weighted by molar-refractivity contribution is 6.30. The summed E-state index contributed by atoms with van der Waals surface area (Å²) in [7, 11) is 0. The van der Waals surface area contributed by atoms with Crippen molar-refractivity contribution in [1.29, 1.82) is 0 Å². The summed E-state index contributed by atoms with van der Waals surface area (Å²) in [4.78, 5) is 28.8. The number of likely N-dealkylation sites (tertiary alicyclic amines) is 1. The van der Waals surface area contributed by atoms with Crippen molar-refractivity contribution >= 4 is 29.1 Å². The van der Waals surface area contributed by atoms with E-state index < -0.39 is 0 Å². The molecule has 0 aromatic heterocycles. The first-order valence-electron chi connectivity index (χ1n) is 9.05. The van der Waals surface area contributed by atoms with E-state index in [1.807, 2.05) is 6.07 Å². The molecule has 1 atom stereocenters. The van der Waals surface area contributed by atoms with Gasteiger partial charge in [0.2, 0.25) is 5.91 Å². The Bertz CT molecular complexity index is 799. The van der Waals surface area contributed by atoms with E-state index in [0.717, 1.165) is 25.9 Å². The monoisotopic (exact) mass is 368 g/mol. The van der Waals surface area contributed by atoms with Crippen LogP contribution in [-0.4, -0.2) is 35.8 Å². The lowest BCUT2D eigenvalue weighted by molar-refractivity contribution is -0.123. The molecule has 2 aromatic rings. The fourth-order valence-electron chi connectivity index (χ4n) is 4.03. The van der Waals surface area contributed by atoms with Crippen LogP contribution in [0.15, 0.2) is 54.6 Å². The second-order valence-corrected chi connectivity index (χ2v) is 7.42. The largest absolute Gasteiger partial charge is 0.291 e. The van der Waals surface area contributed by atoms with E-state index >= 15 is 0 Å². The van der Waals surface area contributed by atoms with Crippen LogP contribution in [0.3, 0.4) is 0 Å².